The molecule has 12 heteroatoms. The van der Waals surface area contributed by atoms with E-state index in [1.165, 1.54) is 47.0 Å². The maximum atomic E-state index is 13.0. The number of carbonyl (C=O) groups excluding carboxylic acids is 1. The number of ether oxygens (including phenoxy) is 1. The van der Waals surface area contributed by atoms with Crippen LogP contribution < -0.4 is 9.64 Å². The third kappa shape index (κ3) is 6.88. The second kappa shape index (κ2) is 12.6. The van der Waals surface area contributed by atoms with E-state index in [9.17, 15) is 18.0 Å². The summed E-state index contributed by atoms with van der Waals surface area (Å²) in [4.78, 5) is 18.9. The molecule has 5 rings (SSSR count). The molecule has 0 N–H and O–H groups in total. The van der Waals surface area contributed by atoms with E-state index in [0.717, 1.165) is 28.8 Å². The van der Waals surface area contributed by atoms with Crippen molar-refractivity contribution in [2.75, 3.05) is 10.7 Å². The van der Waals surface area contributed by atoms with Crippen LogP contribution in [0.2, 0.25) is 0 Å². The number of amidine groups is 1. The zero-order chi connectivity index (χ0) is 29.7. The van der Waals surface area contributed by atoms with E-state index in [-0.39, 0.29) is 11.7 Å². The molecule has 216 valence electrons. The van der Waals surface area contributed by atoms with E-state index in [4.69, 9.17) is 0 Å². The van der Waals surface area contributed by atoms with Crippen LogP contribution >= 0.6 is 11.8 Å². The number of halogens is 3. The normalized spacial score (nSPS) is 15.9. The van der Waals surface area contributed by atoms with Crippen LogP contribution in [0.15, 0.2) is 89.3 Å². The number of nitrogens with zero attached hydrogens (tertiary/aromatic N) is 6. The van der Waals surface area contributed by atoms with Crippen LogP contribution in [0.3, 0.4) is 0 Å². The number of hydrogen-bond donors (Lipinski definition) is 0. The number of para-hydroxylation sites is 1. The van der Waals surface area contributed by atoms with E-state index < -0.39 is 6.36 Å². The van der Waals surface area contributed by atoms with Gasteiger partial charge in [-0.05, 0) is 53.8 Å². The minimum absolute atomic E-state index is 0.000303. The van der Waals surface area contributed by atoms with Gasteiger partial charge in [-0.25, -0.2) is 9.67 Å². The van der Waals surface area contributed by atoms with Crippen molar-refractivity contribution in [3.05, 3.63) is 90.3 Å². The van der Waals surface area contributed by atoms with Gasteiger partial charge in [0.05, 0.1) is 17.6 Å². The van der Waals surface area contributed by atoms with Gasteiger partial charge in [0.1, 0.15) is 12.1 Å². The first kappa shape index (κ1) is 29.1. The molecule has 0 radical (unpaired) electrons. The summed E-state index contributed by atoms with van der Waals surface area (Å²) < 4.78 is 42.6. The fourth-order valence-corrected chi connectivity index (χ4v) is 5.23. The molecule has 3 aromatic carbocycles. The molecular formula is C30H27F3N6O2S. The maximum absolute atomic E-state index is 13.0. The SMILES string of the molecule is CCC(C)c1ccccc1N1C(=O)CCSC1=NN=Cc1ccc(-c2ncn(-c3ccc(OC(F)(F)F)cc3)n2)cc1. The topological polar surface area (TPSA) is 85.0 Å². The van der Waals surface area contributed by atoms with Gasteiger partial charge in [-0.3, -0.25) is 9.69 Å². The van der Waals surface area contributed by atoms with E-state index in [1.807, 2.05) is 42.5 Å². The number of aromatic nitrogens is 3. The maximum Gasteiger partial charge on any atom is 0.573 e. The molecule has 1 fully saturated rings. The number of alkyl halides is 3. The summed E-state index contributed by atoms with van der Waals surface area (Å²) in [6.45, 7) is 4.27. The van der Waals surface area contributed by atoms with Crippen molar-refractivity contribution in [1.29, 1.82) is 0 Å². The highest BCUT2D eigenvalue weighted by atomic mass is 32.2. The van der Waals surface area contributed by atoms with E-state index in [2.05, 4.69) is 44.9 Å². The first-order valence-corrected chi connectivity index (χ1v) is 14.2. The Morgan fingerprint density at radius 3 is 2.52 bits per heavy atom. The second-order valence-electron chi connectivity index (χ2n) is 9.50. The molecule has 4 aromatic rings. The molecule has 1 aliphatic rings. The predicted octanol–water partition coefficient (Wildman–Crippen LogP) is 7.21. The standard InChI is InChI=1S/C30H27F3N6O2S/c1-3-20(2)25-6-4-5-7-26(25)39-27(40)16-17-42-29(39)36-35-18-21-8-10-22(11-9-21)28-34-19-38(37-28)23-12-14-24(15-13-23)41-30(31,32)33/h4-15,18-20H,3,16-17H2,1-2H3. The van der Waals surface area contributed by atoms with Gasteiger partial charge in [0.15, 0.2) is 11.0 Å². The first-order chi connectivity index (χ1) is 20.2. The lowest BCUT2D eigenvalue weighted by Crippen LogP contribution is -2.39. The highest BCUT2D eigenvalue weighted by Gasteiger charge is 2.31. The molecule has 1 saturated heterocycles. The number of benzene rings is 3. The first-order valence-electron chi connectivity index (χ1n) is 13.3. The van der Waals surface area contributed by atoms with Crippen molar-refractivity contribution in [2.45, 2.75) is 39.0 Å². The van der Waals surface area contributed by atoms with Crippen LogP contribution in [0, 0.1) is 0 Å². The molecule has 1 unspecified atom stereocenters. The molecule has 1 amide bonds. The average molecular weight is 593 g/mol. The third-order valence-electron chi connectivity index (χ3n) is 6.65. The molecule has 0 saturated carbocycles. The van der Waals surface area contributed by atoms with Gasteiger partial charge in [-0.1, -0.05) is 68.1 Å². The van der Waals surface area contributed by atoms with Crippen LogP contribution in [0.4, 0.5) is 18.9 Å². The van der Waals surface area contributed by atoms with Crippen LogP contribution in [-0.2, 0) is 4.79 Å². The fourth-order valence-electron chi connectivity index (χ4n) is 4.33. The quantitative estimate of drug-likeness (QED) is 0.160. The molecule has 0 aliphatic carbocycles. The Morgan fingerprint density at radius 2 is 1.81 bits per heavy atom. The van der Waals surface area contributed by atoms with Gasteiger partial charge < -0.3 is 4.74 Å². The van der Waals surface area contributed by atoms with Gasteiger partial charge >= 0.3 is 6.36 Å². The minimum Gasteiger partial charge on any atom is -0.406 e. The molecule has 1 aliphatic heterocycles. The molecule has 1 aromatic heterocycles. The summed E-state index contributed by atoms with van der Waals surface area (Å²) in [5.41, 5.74) is 4.02. The van der Waals surface area contributed by atoms with Crippen LogP contribution in [0.1, 0.15) is 43.7 Å². The Hall–Kier alpha value is -4.45. The minimum atomic E-state index is -4.75. The summed E-state index contributed by atoms with van der Waals surface area (Å²) in [5.74, 6) is 1.08. The zero-order valence-electron chi connectivity index (χ0n) is 22.8. The van der Waals surface area contributed by atoms with Gasteiger partial charge in [0.2, 0.25) is 5.91 Å². The number of thioether (sulfide) groups is 1. The molecule has 0 bridgehead atoms. The Balaban J connectivity index is 1.29. The summed E-state index contributed by atoms with van der Waals surface area (Å²) in [5, 5.41) is 13.7. The Bertz CT molecular complexity index is 1600. The summed E-state index contributed by atoms with van der Waals surface area (Å²) in [6.07, 6.45) is -0.262. The Morgan fingerprint density at radius 1 is 1.07 bits per heavy atom. The van der Waals surface area contributed by atoms with Crippen LogP contribution in [-0.4, -0.2) is 44.2 Å². The van der Waals surface area contributed by atoms with Crippen molar-refractivity contribution in [3.63, 3.8) is 0 Å². The smallest absolute Gasteiger partial charge is 0.406 e. The largest absolute Gasteiger partial charge is 0.573 e. The number of amides is 1. The predicted molar refractivity (Wildman–Crippen MR) is 158 cm³/mol. The lowest BCUT2D eigenvalue weighted by Gasteiger charge is -2.30. The van der Waals surface area contributed by atoms with Crippen molar-refractivity contribution in [1.82, 2.24) is 14.8 Å². The molecule has 2 heterocycles. The number of hydrogen-bond acceptors (Lipinski definition) is 7. The average Bonchev–Trinajstić information content (AvgIpc) is 3.47. The lowest BCUT2D eigenvalue weighted by molar-refractivity contribution is -0.274. The summed E-state index contributed by atoms with van der Waals surface area (Å²) in [7, 11) is 0. The summed E-state index contributed by atoms with van der Waals surface area (Å²) >= 11 is 1.50. The molecule has 1 atom stereocenters. The number of rotatable bonds is 8. The number of carbonyl (C=O) groups is 1. The van der Waals surface area contributed by atoms with Gasteiger partial charge in [-0.2, -0.15) is 5.10 Å². The monoisotopic (exact) mass is 592 g/mol. The molecule has 0 spiro atoms. The zero-order valence-corrected chi connectivity index (χ0v) is 23.6. The lowest BCUT2D eigenvalue weighted by atomic mass is 9.96. The van der Waals surface area contributed by atoms with E-state index in [1.54, 1.807) is 11.1 Å². The Kier molecular flexibility index (Phi) is 8.72. The van der Waals surface area contributed by atoms with Gasteiger partial charge in [-0.15, -0.1) is 23.4 Å². The van der Waals surface area contributed by atoms with Gasteiger partial charge in [0, 0.05) is 17.7 Å². The number of anilines is 1. The fraction of sp³-hybridized carbons (Fsp3) is 0.233. The van der Waals surface area contributed by atoms with Crippen molar-refractivity contribution < 1.29 is 22.7 Å². The molecule has 8 nitrogen and oxygen atoms in total. The molecule has 42 heavy (non-hydrogen) atoms. The van der Waals surface area contributed by atoms with Gasteiger partial charge in [0.25, 0.3) is 0 Å². The third-order valence-corrected chi connectivity index (χ3v) is 7.59. The van der Waals surface area contributed by atoms with Crippen LogP contribution in [0.25, 0.3) is 17.1 Å². The highest BCUT2D eigenvalue weighted by Crippen LogP contribution is 2.34. The van der Waals surface area contributed by atoms with E-state index >= 15 is 0 Å². The second-order valence-corrected chi connectivity index (χ2v) is 10.6. The van der Waals surface area contributed by atoms with Crippen LogP contribution in [0.5, 0.6) is 5.75 Å². The van der Waals surface area contributed by atoms with Crippen molar-refractivity contribution >= 4 is 34.7 Å². The van der Waals surface area contributed by atoms with Crippen molar-refractivity contribution in [2.24, 2.45) is 10.2 Å². The van der Waals surface area contributed by atoms with Crippen molar-refractivity contribution in [3.8, 4) is 22.8 Å². The summed E-state index contributed by atoms with van der Waals surface area (Å²) in [6, 6.07) is 20.6. The molecular weight excluding hydrogens is 565 g/mol. The highest BCUT2D eigenvalue weighted by molar-refractivity contribution is 8.14. The Labute approximate surface area is 244 Å². The van der Waals surface area contributed by atoms with E-state index in [0.29, 0.717) is 34.8 Å².